The maximum atomic E-state index is 13.3. The second-order valence-electron chi connectivity index (χ2n) is 6.27. The van der Waals surface area contributed by atoms with Crippen molar-refractivity contribution in [2.75, 3.05) is 18.0 Å². The van der Waals surface area contributed by atoms with E-state index in [2.05, 4.69) is 4.90 Å². The fourth-order valence-corrected chi connectivity index (χ4v) is 3.04. The smallest absolute Gasteiger partial charge is 0.203 e. The minimum absolute atomic E-state index is 0.0540. The molecule has 3 nitrogen and oxygen atoms in total. The first-order chi connectivity index (χ1) is 12.6. The number of hydrogen-bond donors (Lipinski definition) is 0. The Kier molecular flexibility index (Phi) is 5.43. The Bertz CT molecular complexity index is 876. The highest BCUT2D eigenvalue weighted by atomic mass is 19.2. The summed E-state index contributed by atoms with van der Waals surface area (Å²) in [6, 6.07) is 12.3. The molecule has 0 radical (unpaired) electrons. The van der Waals surface area contributed by atoms with Gasteiger partial charge in [0.25, 0.3) is 0 Å². The zero-order chi connectivity index (χ0) is 18.5. The Morgan fingerprint density at radius 2 is 1.69 bits per heavy atom. The molecule has 0 bridgehead atoms. The molecule has 1 heterocycles. The van der Waals surface area contributed by atoms with Crippen LogP contribution in [0.2, 0.25) is 0 Å². The lowest BCUT2D eigenvalue weighted by atomic mass is 10.0. The van der Waals surface area contributed by atoms with Crippen LogP contribution in [0.3, 0.4) is 0 Å². The molecule has 0 unspecified atom stereocenters. The fourth-order valence-electron chi connectivity index (χ4n) is 3.04. The first-order valence-electron chi connectivity index (χ1n) is 8.55. The minimum Gasteiger partial charge on any atom is -0.372 e. The van der Waals surface area contributed by atoms with Crippen LogP contribution in [0.1, 0.15) is 35.2 Å². The van der Waals surface area contributed by atoms with Crippen LogP contribution in [0.4, 0.5) is 14.5 Å². The molecule has 1 saturated heterocycles. The molecular formula is C21H18F2N2O. The van der Waals surface area contributed by atoms with Crippen molar-refractivity contribution in [2.45, 2.75) is 19.3 Å². The van der Waals surface area contributed by atoms with Crippen LogP contribution in [0.5, 0.6) is 0 Å². The van der Waals surface area contributed by atoms with E-state index in [0.29, 0.717) is 5.56 Å². The quantitative estimate of drug-likeness (QED) is 0.453. The summed E-state index contributed by atoms with van der Waals surface area (Å²) < 4.78 is 26.3. The van der Waals surface area contributed by atoms with Gasteiger partial charge < -0.3 is 4.90 Å². The molecule has 26 heavy (non-hydrogen) atoms. The first-order valence-corrected chi connectivity index (χ1v) is 8.55. The molecule has 2 aromatic carbocycles. The highest BCUT2D eigenvalue weighted by Gasteiger charge is 2.15. The third kappa shape index (κ3) is 3.97. The molecule has 1 aliphatic heterocycles. The summed E-state index contributed by atoms with van der Waals surface area (Å²) in [6.45, 7) is 2.07. The second-order valence-corrected chi connectivity index (χ2v) is 6.27. The van der Waals surface area contributed by atoms with Crippen molar-refractivity contribution in [3.05, 3.63) is 70.8 Å². The monoisotopic (exact) mass is 352 g/mol. The molecule has 0 atom stereocenters. The zero-order valence-corrected chi connectivity index (χ0v) is 14.2. The van der Waals surface area contributed by atoms with Gasteiger partial charge in [-0.25, -0.2) is 8.78 Å². The van der Waals surface area contributed by atoms with Crippen molar-refractivity contribution < 1.29 is 13.6 Å². The van der Waals surface area contributed by atoms with E-state index in [1.165, 1.54) is 31.4 Å². The number of halogens is 2. The first kappa shape index (κ1) is 17.8. The molecule has 0 amide bonds. The number of benzene rings is 2. The van der Waals surface area contributed by atoms with Gasteiger partial charge in [0, 0.05) is 24.3 Å². The lowest BCUT2D eigenvalue weighted by Gasteiger charge is -2.28. The largest absolute Gasteiger partial charge is 0.372 e. The van der Waals surface area contributed by atoms with Gasteiger partial charge in [0.1, 0.15) is 11.6 Å². The molecule has 0 N–H and O–H groups in total. The number of nitriles is 1. The van der Waals surface area contributed by atoms with Crippen molar-refractivity contribution >= 4 is 17.5 Å². The molecular weight excluding hydrogens is 334 g/mol. The van der Waals surface area contributed by atoms with Gasteiger partial charge >= 0.3 is 0 Å². The van der Waals surface area contributed by atoms with Crippen LogP contribution in [-0.2, 0) is 0 Å². The number of ketones is 1. The SMILES string of the molecule is N#C/C(=C\c1ccc(N2CCCCC2)cc1)C(=O)c1ccc(F)c(F)c1. The van der Waals surface area contributed by atoms with Crippen LogP contribution >= 0.6 is 0 Å². The van der Waals surface area contributed by atoms with Crippen molar-refractivity contribution in [3.8, 4) is 6.07 Å². The van der Waals surface area contributed by atoms with Crippen LogP contribution in [0, 0.1) is 23.0 Å². The van der Waals surface area contributed by atoms with Crippen LogP contribution in [0.15, 0.2) is 48.0 Å². The summed E-state index contributed by atoms with van der Waals surface area (Å²) in [7, 11) is 0. The number of nitrogens with zero attached hydrogens (tertiary/aromatic N) is 2. The van der Waals surface area contributed by atoms with E-state index in [4.69, 9.17) is 0 Å². The molecule has 0 spiro atoms. The molecule has 132 valence electrons. The molecule has 0 aromatic heterocycles. The number of anilines is 1. The summed E-state index contributed by atoms with van der Waals surface area (Å²) in [4.78, 5) is 14.7. The van der Waals surface area contributed by atoms with Gasteiger partial charge in [0.05, 0.1) is 0 Å². The lowest BCUT2D eigenvalue weighted by Crippen LogP contribution is -2.29. The average Bonchev–Trinajstić information content (AvgIpc) is 2.69. The van der Waals surface area contributed by atoms with Crippen molar-refractivity contribution in [1.82, 2.24) is 0 Å². The van der Waals surface area contributed by atoms with E-state index in [1.54, 1.807) is 0 Å². The Hall–Kier alpha value is -3.00. The normalized spacial score (nSPS) is 14.8. The maximum absolute atomic E-state index is 13.3. The Labute approximate surface area is 151 Å². The van der Waals surface area contributed by atoms with Crippen LogP contribution in [-0.4, -0.2) is 18.9 Å². The molecule has 1 aliphatic rings. The summed E-state index contributed by atoms with van der Waals surface area (Å²) in [5.41, 5.74) is 1.65. The highest BCUT2D eigenvalue weighted by molar-refractivity contribution is 6.14. The Morgan fingerprint density at radius 1 is 1.00 bits per heavy atom. The molecule has 3 rings (SSSR count). The van der Waals surface area contributed by atoms with Crippen molar-refractivity contribution in [1.29, 1.82) is 5.26 Å². The van der Waals surface area contributed by atoms with Gasteiger partial charge in [0.2, 0.25) is 5.78 Å². The molecule has 1 fully saturated rings. The van der Waals surface area contributed by atoms with Gasteiger partial charge in [-0.2, -0.15) is 5.26 Å². The maximum Gasteiger partial charge on any atom is 0.203 e. The van der Waals surface area contributed by atoms with E-state index in [0.717, 1.165) is 30.9 Å². The van der Waals surface area contributed by atoms with Crippen LogP contribution < -0.4 is 4.90 Å². The third-order valence-electron chi connectivity index (χ3n) is 4.47. The predicted octanol–water partition coefficient (Wildman–Crippen LogP) is 4.74. The summed E-state index contributed by atoms with van der Waals surface area (Å²) in [5.74, 6) is -2.78. The van der Waals surface area contributed by atoms with Crippen molar-refractivity contribution in [2.24, 2.45) is 0 Å². The Morgan fingerprint density at radius 3 is 2.31 bits per heavy atom. The number of Topliss-reactive ketones (excluding diaryl/α,β-unsaturated/α-hetero) is 1. The fraction of sp³-hybridized carbons (Fsp3) is 0.238. The van der Waals surface area contributed by atoms with E-state index >= 15 is 0 Å². The Balaban J connectivity index is 1.80. The topological polar surface area (TPSA) is 44.1 Å². The van der Waals surface area contributed by atoms with Gasteiger partial charge in [-0.05, 0) is 61.2 Å². The van der Waals surface area contributed by atoms with Crippen LogP contribution in [0.25, 0.3) is 6.08 Å². The standard InChI is InChI=1S/C21H18F2N2O/c22-19-9-6-16(13-20(19)23)21(26)17(14-24)12-15-4-7-18(8-5-15)25-10-2-1-3-11-25/h4-9,12-13H,1-3,10-11H2/b17-12+. The predicted molar refractivity (Wildman–Crippen MR) is 96.8 cm³/mol. The number of allylic oxidation sites excluding steroid dienone is 1. The number of hydrogen-bond acceptors (Lipinski definition) is 3. The number of piperidine rings is 1. The van der Waals surface area contributed by atoms with Crippen molar-refractivity contribution in [3.63, 3.8) is 0 Å². The number of carbonyl (C=O) groups is 1. The van der Waals surface area contributed by atoms with E-state index in [9.17, 15) is 18.8 Å². The van der Waals surface area contributed by atoms with Gasteiger partial charge in [0.15, 0.2) is 11.6 Å². The van der Waals surface area contributed by atoms with Gasteiger partial charge in [-0.1, -0.05) is 12.1 Å². The molecule has 0 saturated carbocycles. The minimum atomic E-state index is -1.11. The average molecular weight is 352 g/mol. The van der Waals surface area contributed by atoms with E-state index in [1.807, 2.05) is 30.3 Å². The second kappa shape index (κ2) is 7.92. The van der Waals surface area contributed by atoms with E-state index < -0.39 is 17.4 Å². The van der Waals surface area contributed by atoms with Gasteiger partial charge in [-0.3, -0.25) is 4.79 Å². The molecule has 2 aromatic rings. The van der Waals surface area contributed by atoms with E-state index in [-0.39, 0.29) is 11.1 Å². The molecule has 5 heteroatoms. The van der Waals surface area contributed by atoms with Gasteiger partial charge in [-0.15, -0.1) is 0 Å². The highest BCUT2D eigenvalue weighted by Crippen LogP contribution is 2.22. The third-order valence-corrected chi connectivity index (χ3v) is 4.47. The number of rotatable bonds is 4. The summed E-state index contributed by atoms with van der Waals surface area (Å²) >= 11 is 0. The number of carbonyl (C=O) groups excluding carboxylic acids is 1. The molecule has 0 aliphatic carbocycles. The zero-order valence-electron chi connectivity index (χ0n) is 14.2. The summed E-state index contributed by atoms with van der Waals surface area (Å²) in [6.07, 6.45) is 5.09. The lowest BCUT2D eigenvalue weighted by molar-refractivity contribution is 0.103. The summed E-state index contributed by atoms with van der Waals surface area (Å²) in [5, 5.41) is 9.29.